The van der Waals surface area contributed by atoms with E-state index in [1.54, 1.807) is 6.07 Å². The Hall–Kier alpha value is -1.02. The molecule has 15 heavy (non-hydrogen) atoms. The molecule has 0 spiro atoms. The van der Waals surface area contributed by atoms with Gasteiger partial charge in [-0.2, -0.15) is 0 Å². The van der Waals surface area contributed by atoms with Gasteiger partial charge < -0.3 is 10.8 Å². The first kappa shape index (κ1) is 10.5. The average Bonchev–Trinajstić information content (AvgIpc) is 2.74. The molecule has 1 aromatic rings. The molecular weight excluding hydrogens is 186 g/mol. The maximum absolute atomic E-state index is 9.45. The van der Waals surface area contributed by atoms with Gasteiger partial charge in [0.1, 0.15) is 5.75 Å². The first-order valence-electron chi connectivity index (χ1n) is 5.73. The molecule has 1 aromatic carbocycles. The van der Waals surface area contributed by atoms with Crippen LogP contribution in [0.3, 0.4) is 0 Å². The molecule has 0 aromatic heterocycles. The van der Waals surface area contributed by atoms with Gasteiger partial charge in [0.25, 0.3) is 0 Å². The molecule has 0 aliphatic heterocycles. The molecule has 1 fully saturated rings. The monoisotopic (exact) mass is 205 g/mol. The van der Waals surface area contributed by atoms with Crippen molar-refractivity contribution in [1.29, 1.82) is 0 Å². The van der Waals surface area contributed by atoms with E-state index in [2.05, 4.69) is 0 Å². The fourth-order valence-corrected chi connectivity index (χ4v) is 2.47. The van der Waals surface area contributed by atoms with Crippen LogP contribution in [0.2, 0.25) is 0 Å². The van der Waals surface area contributed by atoms with Crippen LogP contribution in [-0.2, 0) is 0 Å². The SMILES string of the molecule is Cc1cc([C@@H](N)C2CCCC2)ccc1O. The summed E-state index contributed by atoms with van der Waals surface area (Å²) >= 11 is 0. The Balaban J connectivity index is 2.17. The fourth-order valence-electron chi connectivity index (χ4n) is 2.47. The van der Waals surface area contributed by atoms with Crippen LogP contribution in [0, 0.1) is 12.8 Å². The van der Waals surface area contributed by atoms with Gasteiger partial charge in [-0.25, -0.2) is 0 Å². The Labute approximate surface area is 91.1 Å². The predicted molar refractivity (Wildman–Crippen MR) is 61.7 cm³/mol. The Morgan fingerprint density at radius 3 is 2.60 bits per heavy atom. The summed E-state index contributed by atoms with van der Waals surface area (Å²) < 4.78 is 0. The average molecular weight is 205 g/mol. The van der Waals surface area contributed by atoms with Crippen molar-refractivity contribution >= 4 is 0 Å². The van der Waals surface area contributed by atoms with Crippen LogP contribution in [0.25, 0.3) is 0 Å². The second kappa shape index (κ2) is 4.23. The van der Waals surface area contributed by atoms with Gasteiger partial charge >= 0.3 is 0 Å². The number of aryl methyl sites for hydroxylation is 1. The number of phenols is 1. The van der Waals surface area contributed by atoms with E-state index < -0.39 is 0 Å². The van der Waals surface area contributed by atoms with Gasteiger partial charge in [-0.1, -0.05) is 25.0 Å². The van der Waals surface area contributed by atoms with Crippen LogP contribution in [0.1, 0.15) is 42.9 Å². The lowest BCUT2D eigenvalue weighted by Gasteiger charge is -2.19. The van der Waals surface area contributed by atoms with Gasteiger partial charge in [0, 0.05) is 6.04 Å². The van der Waals surface area contributed by atoms with E-state index in [0.717, 1.165) is 11.1 Å². The van der Waals surface area contributed by atoms with Crippen molar-refractivity contribution in [3.63, 3.8) is 0 Å². The summed E-state index contributed by atoms with van der Waals surface area (Å²) in [5, 5.41) is 9.45. The number of benzene rings is 1. The van der Waals surface area contributed by atoms with Crippen molar-refractivity contribution in [2.45, 2.75) is 38.6 Å². The van der Waals surface area contributed by atoms with Crippen LogP contribution >= 0.6 is 0 Å². The Morgan fingerprint density at radius 1 is 1.33 bits per heavy atom. The minimum absolute atomic E-state index is 0.145. The quantitative estimate of drug-likeness (QED) is 0.779. The third-order valence-electron chi connectivity index (χ3n) is 3.51. The maximum atomic E-state index is 9.45. The van der Waals surface area contributed by atoms with E-state index in [1.165, 1.54) is 25.7 Å². The molecule has 0 heterocycles. The van der Waals surface area contributed by atoms with Crippen molar-refractivity contribution in [3.05, 3.63) is 29.3 Å². The van der Waals surface area contributed by atoms with Crippen LogP contribution in [0.5, 0.6) is 5.75 Å². The second-order valence-electron chi connectivity index (χ2n) is 4.62. The van der Waals surface area contributed by atoms with E-state index >= 15 is 0 Å². The standard InChI is InChI=1S/C13H19NO/c1-9-8-11(6-7-12(9)15)13(14)10-4-2-3-5-10/h6-8,10,13,15H,2-5,14H2,1H3/t13-/m0/s1. The second-order valence-corrected chi connectivity index (χ2v) is 4.62. The molecule has 2 heteroatoms. The van der Waals surface area contributed by atoms with Gasteiger partial charge in [0.05, 0.1) is 0 Å². The van der Waals surface area contributed by atoms with Crippen molar-refractivity contribution in [2.75, 3.05) is 0 Å². The summed E-state index contributed by atoms with van der Waals surface area (Å²) in [5.74, 6) is 0.992. The number of phenolic OH excluding ortho intramolecular Hbond substituents is 1. The summed E-state index contributed by atoms with van der Waals surface area (Å²) in [6, 6.07) is 5.86. The molecule has 2 nitrogen and oxygen atoms in total. The summed E-state index contributed by atoms with van der Waals surface area (Å²) in [5.41, 5.74) is 8.32. The summed E-state index contributed by atoms with van der Waals surface area (Å²) in [4.78, 5) is 0. The summed E-state index contributed by atoms with van der Waals surface area (Å²) in [6.45, 7) is 1.92. The van der Waals surface area contributed by atoms with E-state index in [9.17, 15) is 5.11 Å². The van der Waals surface area contributed by atoms with Crippen LogP contribution < -0.4 is 5.73 Å². The largest absolute Gasteiger partial charge is 0.508 e. The number of hydrogen-bond acceptors (Lipinski definition) is 2. The minimum atomic E-state index is 0.145. The molecule has 0 saturated heterocycles. The lowest BCUT2D eigenvalue weighted by Crippen LogP contribution is -2.19. The number of hydrogen-bond donors (Lipinski definition) is 2. The third kappa shape index (κ3) is 2.15. The normalized spacial score (nSPS) is 19.3. The van der Waals surface area contributed by atoms with Crippen molar-refractivity contribution in [1.82, 2.24) is 0 Å². The van der Waals surface area contributed by atoms with E-state index in [4.69, 9.17) is 5.73 Å². The van der Waals surface area contributed by atoms with Crippen LogP contribution in [-0.4, -0.2) is 5.11 Å². The fraction of sp³-hybridized carbons (Fsp3) is 0.538. The zero-order chi connectivity index (χ0) is 10.8. The topological polar surface area (TPSA) is 46.2 Å². The predicted octanol–water partition coefficient (Wildman–Crippen LogP) is 2.89. The van der Waals surface area contributed by atoms with Crippen molar-refractivity contribution < 1.29 is 5.11 Å². The zero-order valence-corrected chi connectivity index (χ0v) is 9.24. The maximum Gasteiger partial charge on any atom is 0.118 e. The van der Waals surface area contributed by atoms with Gasteiger partial charge in [0.15, 0.2) is 0 Å². The highest BCUT2D eigenvalue weighted by Crippen LogP contribution is 2.35. The number of aromatic hydroxyl groups is 1. The molecule has 82 valence electrons. The molecule has 0 unspecified atom stereocenters. The van der Waals surface area contributed by atoms with Gasteiger partial charge in [0.2, 0.25) is 0 Å². The number of rotatable bonds is 2. The molecule has 1 atom stereocenters. The highest BCUT2D eigenvalue weighted by molar-refractivity contribution is 5.36. The van der Waals surface area contributed by atoms with Gasteiger partial charge in [-0.05, 0) is 42.9 Å². The van der Waals surface area contributed by atoms with Crippen LogP contribution in [0.4, 0.5) is 0 Å². The molecule has 2 rings (SSSR count). The molecule has 0 bridgehead atoms. The van der Waals surface area contributed by atoms with Crippen molar-refractivity contribution in [3.8, 4) is 5.75 Å². The Morgan fingerprint density at radius 2 is 2.00 bits per heavy atom. The lowest BCUT2D eigenvalue weighted by molar-refractivity contribution is 0.442. The molecule has 1 saturated carbocycles. The minimum Gasteiger partial charge on any atom is -0.508 e. The lowest BCUT2D eigenvalue weighted by atomic mass is 9.91. The van der Waals surface area contributed by atoms with Crippen molar-refractivity contribution in [2.24, 2.45) is 11.7 Å². The molecule has 0 radical (unpaired) electrons. The third-order valence-corrected chi connectivity index (χ3v) is 3.51. The molecule has 1 aliphatic carbocycles. The zero-order valence-electron chi connectivity index (χ0n) is 9.24. The van der Waals surface area contributed by atoms with E-state index in [0.29, 0.717) is 11.7 Å². The summed E-state index contributed by atoms with van der Waals surface area (Å²) in [6.07, 6.45) is 5.13. The van der Waals surface area contributed by atoms with E-state index in [-0.39, 0.29) is 6.04 Å². The number of nitrogens with two attached hydrogens (primary N) is 1. The Kier molecular flexibility index (Phi) is 2.96. The Bertz CT molecular complexity index is 342. The van der Waals surface area contributed by atoms with E-state index in [1.807, 2.05) is 19.1 Å². The smallest absolute Gasteiger partial charge is 0.118 e. The first-order chi connectivity index (χ1) is 7.18. The molecular formula is C13H19NO. The van der Waals surface area contributed by atoms with Crippen LogP contribution in [0.15, 0.2) is 18.2 Å². The van der Waals surface area contributed by atoms with Gasteiger partial charge in [-0.15, -0.1) is 0 Å². The molecule has 3 N–H and O–H groups in total. The molecule has 1 aliphatic rings. The highest BCUT2D eigenvalue weighted by atomic mass is 16.3. The summed E-state index contributed by atoms with van der Waals surface area (Å²) in [7, 11) is 0. The first-order valence-corrected chi connectivity index (χ1v) is 5.73. The molecule has 0 amide bonds. The van der Waals surface area contributed by atoms with Gasteiger partial charge in [-0.3, -0.25) is 0 Å². The highest BCUT2D eigenvalue weighted by Gasteiger charge is 2.23.